The number of nitrogens with one attached hydrogen (secondary N) is 2. The van der Waals surface area contributed by atoms with E-state index in [2.05, 4.69) is 10.6 Å². The van der Waals surface area contributed by atoms with Crippen LogP contribution < -0.4 is 10.6 Å². The minimum absolute atomic E-state index is 0.106. The molecular formula is C24H22N2O3. The molecule has 5 heteroatoms. The normalized spacial score (nSPS) is 10.3. The van der Waals surface area contributed by atoms with E-state index < -0.39 is 0 Å². The molecule has 0 saturated heterocycles. The van der Waals surface area contributed by atoms with E-state index in [1.54, 1.807) is 48.5 Å². The van der Waals surface area contributed by atoms with Crippen molar-refractivity contribution in [3.63, 3.8) is 0 Å². The van der Waals surface area contributed by atoms with Crippen LogP contribution >= 0.6 is 0 Å². The summed E-state index contributed by atoms with van der Waals surface area (Å²) in [6.45, 7) is 3.69. The van der Waals surface area contributed by atoms with Gasteiger partial charge in [-0.2, -0.15) is 0 Å². The fourth-order valence-corrected chi connectivity index (χ4v) is 2.99. The number of para-hydroxylation sites is 1. The highest BCUT2D eigenvalue weighted by Crippen LogP contribution is 2.19. The summed E-state index contributed by atoms with van der Waals surface area (Å²) in [7, 11) is 0. The SMILES string of the molecule is Cc1cccc(C)c1NC(=O)CNC(=O)c1ccc(C(=O)c2ccccc2)cc1. The lowest BCUT2D eigenvalue weighted by atomic mass is 10.0. The number of carbonyl (C=O) groups excluding carboxylic acids is 3. The summed E-state index contributed by atoms with van der Waals surface area (Å²) in [5, 5.41) is 5.43. The van der Waals surface area contributed by atoms with Crippen molar-refractivity contribution in [2.45, 2.75) is 13.8 Å². The second kappa shape index (κ2) is 8.97. The largest absolute Gasteiger partial charge is 0.343 e. The maximum absolute atomic E-state index is 12.4. The lowest BCUT2D eigenvalue weighted by Crippen LogP contribution is -2.33. The van der Waals surface area contributed by atoms with Gasteiger partial charge in [-0.05, 0) is 37.1 Å². The van der Waals surface area contributed by atoms with Crippen LogP contribution in [0.3, 0.4) is 0 Å². The quantitative estimate of drug-likeness (QED) is 0.631. The fourth-order valence-electron chi connectivity index (χ4n) is 2.99. The van der Waals surface area contributed by atoms with Crippen molar-refractivity contribution >= 4 is 23.3 Å². The first kappa shape index (κ1) is 20.0. The van der Waals surface area contributed by atoms with E-state index >= 15 is 0 Å². The first-order valence-corrected chi connectivity index (χ1v) is 9.30. The number of rotatable bonds is 6. The van der Waals surface area contributed by atoms with Crippen molar-refractivity contribution in [1.82, 2.24) is 5.32 Å². The van der Waals surface area contributed by atoms with Gasteiger partial charge in [0, 0.05) is 22.4 Å². The molecule has 146 valence electrons. The number of aryl methyl sites for hydroxylation is 2. The van der Waals surface area contributed by atoms with Gasteiger partial charge < -0.3 is 10.6 Å². The van der Waals surface area contributed by atoms with Crippen molar-refractivity contribution in [3.05, 3.63) is 101 Å². The molecule has 0 spiro atoms. The molecule has 5 nitrogen and oxygen atoms in total. The Balaban J connectivity index is 1.58. The second-order valence-electron chi connectivity index (χ2n) is 6.77. The zero-order chi connectivity index (χ0) is 20.8. The zero-order valence-corrected chi connectivity index (χ0v) is 16.4. The number of hydrogen-bond donors (Lipinski definition) is 2. The molecule has 0 fully saturated rings. The van der Waals surface area contributed by atoms with E-state index in [0.717, 1.165) is 16.8 Å². The summed E-state index contributed by atoms with van der Waals surface area (Å²) in [6.07, 6.45) is 0. The number of anilines is 1. The predicted octanol–water partition coefficient (Wildman–Crippen LogP) is 3.90. The molecule has 0 aliphatic rings. The molecule has 0 unspecified atom stereocenters. The van der Waals surface area contributed by atoms with Gasteiger partial charge in [0.25, 0.3) is 5.91 Å². The van der Waals surface area contributed by atoms with Gasteiger partial charge in [-0.1, -0.05) is 60.7 Å². The van der Waals surface area contributed by atoms with E-state index in [4.69, 9.17) is 0 Å². The average molecular weight is 386 g/mol. The highest BCUT2D eigenvalue weighted by molar-refractivity contribution is 6.09. The number of amides is 2. The Labute approximate surface area is 169 Å². The maximum Gasteiger partial charge on any atom is 0.251 e. The maximum atomic E-state index is 12.4. The van der Waals surface area contributed by atoms with Crippen LogP contribution in [0.15, 0.2) is 72.8 Å². The van der Waals surface area contributed by atoms with Gasteiger partial charge in [-0.15, -0.1) is 0 Å². The molecule has 3 aromatic carbocycles. The summed E-state index contributed by atoms with van der Waals surface area (Å²) < 4.78 is 0. The van der Waals surface area contributed by atoms with Crippen molar-refractivity contribution < 1.29 is 14.4 Å². The molecule has 0 atom stereocenters. The molecule has 0 aliphatic heterocycles. The number of ketones is 1. The Morgan fingerprint density at radius 1 is 0.690 bits per heavy atom. The molecule has 0 radical (unpaired) electrons. The minimum atomic E-state index is -0.375. The molecule has 29 heavy (non-hydrogen) atoms. The zero-order valence-electron chi connectivity index (χ0n) is 16.4. The lowest BCUT2D eigenvalue weighted by Gasteiger charge is -2.12. The standard InChI is InChI=1S/C24H22N2O3/c1-16-7-6-8-17(2)22(16)26-21(27)15-25-24(29)20-13-11-19(12-14-20)23(28)18-9-4-3-5-10-18/h3-14H,15H2,1-2H3,(H,25,29)(H,26,27). The summed E-state index contributed by atoms with van der Waals surface area (Å²) in [4.78, 5) is 36.9. The Kier molecular flexibility index (Phi) is 6.19. The monoisotopic (exact) mass is 386 g/mol. The topological polar surface area (TPSA) is 75.3 Å². The van der Waals surface area contributed by atoms with E-state index in [1.165, 1.54) is 0 Å². The van der Waals surface area contributed by atoms with Crippen molar-refractivity contribution in [3.8, 4) is 0 Å². The molecule has 0 aliphatic carbocycles. The summed E-state index contributed by atoms with van der Waals surface area (Å²) in [6, 6.07) is 21.1. The first-order chi connectivity index (χ1) is 14.0. The van der Waals surface area contributed by atoms with Crippen LogP contribution in [0, 0.1) is 13.8 Å². The van der Waals surface area contributed by atoms with Gasteiger partial charge in [0.1, 0.15) is 0 Å². The molecule has 2 amide bonds. The van der Waals surface area contributed by atoms with Crippen LogP contribution in [0.1, 0.15) is 37.4 Å². The molecule has 0 heterocycles. The Morgan fingerprint density at radius 3 is 1.86 bits per heavy atom. The van der Waals surface area contributed by atoms with E-state index in [1.807, 2.05) is 38.1 Å². The van der Waals surface area contributed by atoms with Crippen molar-refractivity contribution in [2.75, 3.05) is 11.9 Å². The van der Waals surface area contributed by atoms with Gasteiger partial charge in [-0.25, -0.2) is 0 Å². The molecule has 0 bridgehead atoms. The summed E-state index contributed by atoms with van der Waals surface area (Å²) >= 11 is 0. The number of carbonyl (C=O) groups is 3. The smallest absolute Gasteiger partial charge is 0.251 e. The van der Waals surface area contributed by atoms with Crippen LogP contribution in [-0.4, -0.2) is 24.1 Å². The van der Waals surface area contributed by atoms with Gasteiger partial charge >= 0.3 is 0 Å². The molecule has 0 aromatic heterocycles. The van der Waals surface area contributed by atoms with Gasteiger partial charge in [0.05, 0.1) is 6.54 Å². The molecule has 3 aromatic rings. The fraction of sp³-hybridized carbons (Fsp3) is 0.125. The van der Waals surface area contributed by atoms with E-state index in [-0.39, 0.29) is 24.1 Å². The third-order valence-corrected chi connectivity index (χ3v) is 4.60. The van der Waals surface area contributed by atoms with E-state index in [9.17, 15) is 14.4 Å². The van der Waals surface area contributed by atoms with Crippen molar-refractivity contribution in [2.24, 2.45) is 0 Å². The Hall–Kier alpha value is -3.73. The van der Waals surface area contributed by atoms with Gasteiger partial charge in [-0.3, -0.25) is 14.4 Å². The summed E-state index contributed by atoms with van der Waals surface area (Å²) in [5.41, 5.74) is 4.16. The predicted molar refractivity (Wildman–Crippen MR) is 113 cm³/mol. The van der Waals surface area contributed by atoms with Crippen LogP contribution in [0.5, 0.6) is 0 Å². The van der Waals surface area contributed by atoms with Crippen molar-refractivity contribution in [1.29, 1.82) is 0 Å². The van der Waals surface area contributed by atoms with Crippen LogP contribution in [0.4, 0.5) is 5.69 Å². The minimum Gasteiger partial charge on any atom is -0.343 e. The Bertz CT molecular complexity index is 1020. The third kappa shape index (κ3) is 4.96. The van der Waals surface area contributed by atoms with Crippen LogP contribution in [-0.2, 0) is 4.79 Å². The van der Waals surface area contributed by atoms with Gasteiger partial charge in [0.2, 0.25) is 5.91 Å². The number of benzene rings is 3. The van der Waals surface area contributed by atoms with Crippen LogP contribution in [0.2, 0.25) is 0 Å². The third-order valence-electron chi connectivity index (χ3n) is 4.60. The van der Waals surface area contributed by atoms with Crippen LogP contribution in [0.25, 0.3) is 0 Å². The summed E-state index contributed by atoms with van der Waals surface area (Å²) in [5.74, 6) is -0.780. The van der Waals surface area contributed by atoms with Gasteiger partial charge in [0.15, 0.2) is 5.78 Å². The number of hydrogen-bond acceptors (Lipinski definition) is 3. The highest BCUT2D eigenvalue weighted by Gasteiger charge is 2.12. The second-order valence-corrected chi connectivity index (χ2v) is 6.77. The molecule has 3 rings (SSSR count). The molecule has 2 N–H and O–H groups in total. The van der Waals surface area contributed by atoms with E-state index in [0.29, 0.717) is 16.7 Å². The Morgan fingerprint density at radius 2 is 1.24 bits per heavy atom. The molecular weight excluding hydrogens is 364 g/mol. The highest BCUT2D eigenvalue weighted by atomic mass is 16.2. The first-order valence-electron chi connectivity index (χ1n) is 9.30. The average Bonchev–Trinajstić information content (AvgIpc) is 2.75. The lowest BCUT2D eigenvalue weighted by molar-refractivity contribution is -0.115. The molecule has 0 saturated carbocycles.